The molecule has 0 spiro atoms. The summed E-state index contributed by atoms with van der Waals surface area (Å²) in [7, 11) is 0. The highest BCUT2D eigenvalue weighted by atomic mass is 15.4. The van der Waals surface area contributed by atoms with Gasteiger partial charge in [0.1, 0.15) is 17.3 Å². The molecule has 0 aliphatic carbocycles. The van der Waals surface area contributed by atoms with Gasteiger partial charge in [0.25, 0.3) is 0 Å². The molecule has 2 aliphatic heterocycles. The van der Waals surface area contributed by atoms with Crippen LogP contribution in [-0.2, 0) is 0 Å². The van der Waals surface area contributed by atoms with Crippen molar-refractivity contribution in [3.63, 3.8) is 0 Å². The minimum absolute atomic E-state index is 0.319. The third kappa shape index (κ3) is 3.82. The molecule has 2 aliphatic rings. The Morgan fingerprint density at radius 1 is 0.829 bits per heavy atom. The van der Waals surface area contributed by atoms with Gasteiger partial charge in [0.05, 0.1) is 46.9 Å². The minimum atomic E-state index is 0.319. The van der Waals surface area contributed by atoms with E-state index >= 15 is 0 Å². The molecular weight excluding hydrogens is 438 g/mol. The van der Waals surface area contributed by atoms with E-state index in [2.05, 4.69) is 66.2 Å². The maximum Gasteiger partial charge on any atom is 0.124 e. The number of rotatable bonds is 5. The summed E-state index contributed by atoms with van der Waals surface area (Å²) in [4.78, 5) is 16.3. The van der Waals surface area contributed by atoms with Gasteiger partial charge in [0.15, 0.2) is 0 Å². The maximum atomic E-state index is 4.77. The molecule has 3 aromatic heterocycles. The van der Waals surface area contributed by atoms with Crippen molar-refractivity contribution in [2.45, 2.75) is 37.8 Å². The number of benzene rings is 2. The summed E-state index contributed by atoms with van der Waals surface area (Å²) in [6, 6.07) is 15.2. The Balaban J connectivity index is 1.11. The first kappa shape index (κ1) is 20.5. The fourth-order valence-electron chi connectivity index (χ4n) is 5.16. The highest BCUT2D eigenvalue weighted by Crippen LogP contribution is 2.27. The third-order valence-electron chi connectivity index (χ3n) is 7.11. The molecule has 0 radical (unpaired) electrons. The van der Waals surface area contributed by atoms with Crippen LogP contribution < -0.4 is 10.6 Å². The lowest BCUT2D eigenvalue weighted by Gasteiger charge is -2.05. The first-order valence-corrected chi connectivity index (χ1v) is 12.3. The maximum absolute atomic E-state index is 4.77. The average molecular weight is 466 g/mol. The summed E-state index contributed by atoms with van der Waals surface area (Å²) in [5, 5.41) is 15.8. The van der Waals surface area contributed by atoms with E-state index < -0.39 is 0 Å². The van der Waals surface area contributed by atoms with Crippen LogP contribution in [0, 0.1) is 0 Å². The van der Waals surface area contributed by atoms with E-state index in [1.807, 2.05) is 29.2 Å². The molecule has 9 nitrogen and oxygen atoms in total. The lowest BCUT2D eigenvalue weighted by Crippen LogP contribution is -2.14. The quantitative estimate of drug-likeness (QED) is 0.312. The molecule has 0 unspecified atom stereocenters. The zero-order valence-electron chi connectivity index (χ0n) is 19.3. The van der Waals surface area contributed by atoms with Crippen molar-refractivity contribution in [3.8, 4) is 28.2 Å². The summed E-state index contributed by atoms with van der Waals surface area (Å²) in [6.45, 7) is 2.11. The van der Waals surface area contributed by atoms with Gasteiger partial charge in [-0.3, -0.25) is 0 Å². The van der Waals surface area contributed by atoms with Crippen LogP contribution in [0.3, 0.4) is 0 Å². The van der Waals surface area contributed by atoms with Gasteiger partial charge in [-0.15, -0.1) is 5.10 Å². The molecular formula is C26H27N9. The number of imidazole rings is 2. The van der Waals surface area contributed by atoms with E-state index in [9.17, 15) is 0 Å². The zero-order valence-corrected chi connectivity index (χ0v) is 19.3. The van der Waals surface area contributed by atoms with Gasteiger partial charge in [0.2, 0.25) is 0 Å². The van der Waals surface area contributed by atoms with E-state index in [0.29, 0.717) is 12.1 Å². The Bertz CT molecular complexity index is 1460. The number of nitrogens with one attached hydrogen (secondary N) is 4. The van der Waals surface area contributed by atoms with Gasteiger partial charge in [-0.2, -0.15) is 0 Å². The van der Waals surface area contributed by atoms with Crippen LogP contribution in [0.25, 0.3) is 39.2 Å². The summed E-state index contributed by atoms with van der Waals surface area (Å²) in [5.41, 5.74) is 6.93. The molecule has 2 fully saturated rings. The molecule has 0 amide bonds. The Kier molecular flexibility index (Phi) is 4.95. The fraction of sp³-hybridized carbons (Fsp3) is 0.308. The highest BCUT2D eigenvalue weighted by molar-refractivity contribution is 5.78. The van der Waals surface area contributed by atoms with Crippen LogP contribution in [0.2, 0.25) is 0 Å². The molecule has 5 heterocycles. The van der Waals surface area contributed by atoms with Crippen LogP contribution in [0.1, 0.15) is 49.4 Å². The smallest absolute Gasteiger partial charge is 0.124 e. The molecule has 0 bridgehead atoms. The predicted molar refractivity (Wildman–Crippen MR) is 134 cm³/mol. The number of nitrogens with zero attached hydrogens (tertiary/aromatic N) is 5. The molecule has 9 heteroatoms. The number of H-pyrrole nitrogens is 2. The van der Waals surface area contributed by atoms with Crippen LogP contribution in [-0.4, -0.2) is 48.0 Å². The Labute approximate surface area is 202 Å². The van der Waals surface area contributed by atoms with E-state index in [4.69, 9.17) is 4.98 Å². The van der Waals surface area contributed by atoms with Gasteiger partial charge in [0, 0.05) is 5.56 Å². The molecule has 176 valence electrons. The lowest BCUT2D eigenvalue weighted by molar-refractivity contribution is 0.613. The van der Waals surface area contributed by atoms with E-state index in [0.717, 1.165) is 76.8 Å². The summed E-state index contributed by atoms with van der Waals surface area (Å²) < 4.78 is 1.81. The van der Waals surface area contributed by atoms with Gasteiger partial charge in [-0.1, -0.05) is 29.5 Å². The number of hydrogen-bond donors (Lipinski definition) is 4. The monoisotopic (exact) mass is 465 g/mol. The Morgan fingerprint density at radius 3 is 2.37 bits per heavy atom. The van der Waals surface area contributed by atoms with Gasteiger partial charge in [-0.05, 0) is 62.5 Å². The van der Waals surface area contributed by atoms with Crippen molar-refractivity contribution in [2.24, 2.45) is 0 Å². The van der Waals surface area contributed by atoms with E-state index in [1.165, 1.54) is 12.8 Å². The zero-order chi connectivity index (χ0) is 23.2. The number of hydrogen-bond acceptors (Lipinski definition) is 6. The molecule has 4 N–H and O–H groups in total. The minimum Gasteiger partial charge on any atom is -0.341 e. The van der Waals surface area contributed by atoms with E-state index in [-0.39, 0.29) is 0 Å². The predicted octanol–water partition coefficient (Wildman–Crippen LogP) is 4.05. The summed E-state index contributed by atoms with van der Waals surface area (Å²) in [6.07, 6.45) is 8.53. The van der Waals surface area contributed by atoms with Crippen molar-refractivity contribution in [3.05, 3.63) is 66.5 Å². The molecule has 2 atom stereocenters. The highest BCUT2D eigenvalue weighted by Gasteiger charge is 2.20. The topological polar surface area (TPSA) is 112 Å². The number of aromatic nitrogens is 7. The Morgan fingerprint density at radius 2 is 1.60 bits per heavy atom. The van der Waals surface area contributed by atoms with Crippen molar-refractivity contribution in [1.29, 1.82) is 0 Å². The SMILES string of the molecule is c1cc(-c2cnc([C@@H]3CCCN3)[nH]2)ccc1-c1cn(-c2ccc3nc([C@@H]4CCCN4)[nH]c3c2)nn1. The lowest BCUT2D eigenvalue weighted by atomic mass is 10.1. The molecule has 35 heavy (non-hydrogen) atoms. The van der Waals surface area contributed by atoms with Gasteiger partial charge < -0.3 is 20.6 Å². The van der Waals surface area contributed by atoms with Crippen molar-refractivity contribution in [1.82, 2.24) is 45.6 Å². The third-order valence-corrected chi connectivity index (χ3v) is 7.11. The van der Waals surface area contributed by atoms with Crippen LogP contribution >= 0.6 is 0 Å². The molecule has 7 rings (SSSR count). The van der Waals surface area contributed by atoms with Gasteiger partial charge >= 0.3 is 0 Å². The van der Waals surface area contributed by atoms with Crippen LogP contribution in [0.5, 0.6) is 0 Å². The Hall–Kier alpha value is -3.82. The average Bonchev–Trinajstić information content (AvgIpc) is 3.73. The number of aromatic amines is 2. The van der Waals surface area contributed by atoms with Gasteiger partial charge in [-0.25, -0.2) is 14.6 Å². The van der Waals surface area contributed by atoms with E-state index in [1.54, 1.807) is 0 Å². The van der Waals surface area contributed by atoms with Crippen molar-refractivity contribution in [2.75, 3.05) is 13.1 Å². The largest absolute Gasteiger partial charge is 0.341 e. The van der Waals surface area contributed by atoms with Crippen LogP contribution in [0.15, 0.2) is 54.9 Å². The fourth-order valence-corrected chi connectivity index (χ4v) is 5.16. The second kappa shape index (κ2) is 8.44. The number of fused-ring (bicyclic) bond motifs is 1. The van der Waals surface area contributed by atoms with Crippen molar-refractivity contribution >= 4 is 11.0 Å². The first-order valence-electron chi connectivity index (χ1n) is 12.3. The van der Waals surface area contributed by atoms with Crippen molar-refractivity contribution < 1.29 is 0 Å². The molecule has 0 saturated carbocycles. The van der Waals surface area contributed by atoms with Crippen LogP contribution in [0.4, 0.5) is 0 Å². The molecule has 5 aromatic rings. The summed E-state index contributed by atoms with van der Waals surface area (Å²) >= 11 is 0. The first-order chi connectivity index (χ1) is 17.3. The second-order valence-electron chi connectivity index (χ2n) is 9.43. The standard InChI is InChI=1S/C26H27N9/c1-3-20(27-11-1)25-29-14-23(32-25)16-5-7-17(8-6-16)24-15-35(34-33-24)18-9-10-19-22(13-18)31-26(30-19)21-4-2-12-28-21/h5-10,13-15,20-21,27-28H,1-4,11-12H2,(H,29,32)(H,30,31)/t20-,21-/m0/s1. The normalized spacial score (nSPS) is 20.2. The summed E-state index contributed by atoms with van der Waals surface area (Å²) in [5.74, 6) is 2.03. The molecule has 2 aromatic carbocycles. The second-order valence-corrected chi connectivity index (χ2v) is 9.43. The molecule has 2 saturated heterocycles.